The van der Waals surface area contributed by atoms with E-state index < -0.39 is 0 Å². The summed E-state index contributed by atoms with van der Waals surface area (Å²) < 4.78 is 0. The van der Waals surface area contributed by atoms with E-state index >= 15 is 0 Å². The Labute approximate surface area is 99.3 Å². The van der Waals surface area contributed by atoms with E-state index in [1.165, 1.54) is 36.9 Å². The van der Waals surface area contributed by atoms with Crippen molar-refractivity contribution < 1.29 is 0 Å². The molecule has 0 radical (unpaired) electrons. The van der Waals surface area contributed by atoms with Crippen molar-refractivity contribution in [3.8, 4) is 0 Å². The molecule has 0 spiro atoms. The number of nitrogens with one attached hydrogen (secondary N) is 1. The van der Waals surface area contributed by atoms with Crippen molar-refractivity contribution in [1.29, 1.82) is 0 Å². The molecule has 1 nitrogen and oxygen atoms in total. The molecule has 0 saturated carbocycles. The summed E-state index contributed by atoms with van der Waals surface area (Å²) in [6.45, 7) is 5.70. The van der Waals surface area contributed by atoms with Crippen LogP contribution in [-0.2, 0) is 12.8 Å². The second-order valence-electron chi connectivity index (χ2n) is 5.13. The highest BCUT2D eigenvalue weighted by molar-refractivity contribution is 5.23. The molecule has 1 aromatic carbocycles. The Bertz CT molecular complexity index is 324. The average molecular weight is 217 g/mol. The Morgan fingerprint density at radius 3 is 2.75 bits per heavy atom. The fourth-order valence-electron chi connectivity index (χ4n) is 2.54. The number of rotatable bonds is 3. The Balaban J connectivity index is 1.93. The molecule has 1 N–H and O–H groups in total. The Morgan fingerprint density at radius 2 is 2.06 bits per heavy atom. The summed E-state index contributed by atoms with van der Waals surface area (Å²) in [6.07, 6.45) is 5.10. The number of hydrogen-bond acceptors (Lipinski definition) is 1. The van der Waals surface area contributed by atoms with Crippen LogP contribution in [0.2, 0.25) is 0 Å². The predicted molar refractivity (Wildman–Crippen MR) is 69.7 cm³/mol. The Hall–Kier alpha value is -0.820. The maximum atomic E-state index is 3.58. The van der Waals surface area contributed by atoms with Crippen molar-refractivity contribution in [2.24, 2.45) is 5.92 Å². The van der Waals surface area contributed by atoms with Gasteiger partial charge in [-0.3, -0.25) is 0 Å². The largest absolute Gasteiger partial charge is 0.314 e. The minimum Gasteiger partial charge on any atom is -0.314 e. The van der Waals surface area contributed by atoms with E-state index in [1.807, 2.05) is 0 Å². The zero-order valence-corrected chi connectivity index (χ0v) is 10.5. The monoisotopic (exact) mass is 217 g/mol. The van der Waals surface area contributed by atoms with Gasteiger partial charge in [0.2, 0.25) is 0 Å². The van der Waals surface area contributed by atoms with Gasteiger partial charge in [-0.05, 0) is 56.2 Å². The molecule has 0 aromatic heterocycles. The molecule has 2 atom stereocenters. The van der Waals surface area contributed by atoms with E-state index in [4.69, 9.17) is 0 Å². The van der Waals surface area contributed by atoms with Gasteiger partial charge in [-0.1, -0.05) is 31.2 Å². The van der Waals surface area contributed by atoms with Crippen LogP contribution in [0.4, 0.5) is 0 Å². The molecule has 2 rings (SSSR count). The normalized spacial score (nSPS) is 25.6. The molecule has 1 saturated heterocycles. The first kappa shape index (κ1) is 11.7. The number of piperidine rings is 1. The van der Waals surface area contributed by atoms with Gasteiger partial charge in [-0.2, -0.15) is 0 Å². The first-order chi connectivity index (χ1) is 7.78. The zero-order chi connectivity index (χ0) is 11.4. The van der Waals surface area contributed by atoms with Crippen LogP contribution in [0.15, 0.2) is 24.3 Å². The van der Waals surface area contributed by atoms with Crippen molar-refractivity contribution >= 4 is 0 Å². The molecule has 1 heteroatoms. The minimum atomic E-state index is 0.721. The predicted octanol–water partition coefficient (Wildman–Crippen LogP) is 3.18. The summed E-state index contributed by atoms with van der Waals surface area (Å²) in [6, 6.07) is 9.80. The molecule has 1 aliphatic heterocycles. The van der Waals surface area contributed by atoms with Gasteiger partial charge >= 0.3 is 0 Å². The lowest BCUT2D eigenvalue weighted by molar-refractivity contribution is 0.322. The Kier molecular flexibility index (Phi) is 4.00. The van der Waals surface area contributed by atoms with Crippen LogP contribution in [0, 0.1) is 5.92 Å². The van der Waals surface area contributed by atoms with Gasteiger partial charge in [0.1, 0.15) is 0 Å². The summed E-state index contributed by atoms with van der Waals surface area (Å²) in [4.78, 5) is 0. The van der Waals surface area contributed by atoms with Crippen molar-refractivity contribution in [2.45, 2.75) is 45.6 Å². The maximum Gasteiger partial charge on any atom is 0.00389 e. The third kappa shape index (κ3) is 3.08. The fraction of sp³-hybridized carbons (Fsp3) is 0.600. The van der Waals surface area contributed by atoms with Crippen molar-refractivity contribution in [1.82, 2.24) is 5.32 Å². The molecule has 0 bridgehead atoms. The first-order valence-corrected chi connectivity index (χ1v) is 6.59. The van der Waals surface area contributed by atoms with Crippen LogP contribution in [0.3, 0.4) is 0 Å². The lowest BCUT2D eigenvalue weighted by atomic mass is 9.89. The zero-order valence-electron chi connectivity index (χ0n) is 10.5. The molecule has 1 heterocycles. The lowest BCUT2D eigenvalue weighted by Crippen LogP contribution is -2.37. The van der Waals surface area contributed by atoms with Crippen LogP contribution < -0.4 is 5.32 Å². The number of benzene rings is 1. The molecular formula is C15H23N. The molecular weight excluding hydrogens is 194 g/mol. The second-order valence-corrected chi connectivity index (χ2v) is 5.13. The average Bonchev–Trinajstić information content (AvgIpc) is 2.32. The van der Waals surface area contributed by atoms with Gasteiger partial charge in [-0.25, -0.2) is 0 Å². The topological polar surface area (TPSA) is 12.0 Å². The maximum absolute atomic E-state index is 3.58. The molecule has 0 amide bonds. The molecule has 88 valence electrons. The standard InChI is InChI=1S/C15H23N/c1-3-13-5-4-6-14(9-13)10-15-8-7-12(2)16-11-15/h4-6,9,12,15-16H,3,7-8,10-11H2,1-2H3. The summed E-state index contributed by atoms with van der Waals surface area (Å²) >= 11 is 0. The second kappa shape index (κ2) is 5.49. The fourth-order valence-corrected chi connectivity index (χ4v) is 2.54. The van der Waals surface area contributed by atoms with E-state index in [-0.39, 0.29) is 0 Å². The quantitative estimate of drug-likeness (QED) is 0.820. The van der Waals surface area contributed by atoms with Crippen molar-refractivity contribution in [2.75, 3.05) is 6.54 Å². The van der Waals surface area contributed by atoms with E-state index in [9.17, 15) is 0 Å². The van der Waals surface area contributed by atoms with Crippen molar-refractivity contribution in [3.63, 3.8) is 0 Å². The van der Waals surface area contributed by atoms with E-state index in [0.29, 0.717) is 0 Å². The van der Waals surface area contributed by atoms with Gasteiger partial charge < -0.3 is 5.32 Å². The minimum absolute atomic E-state index is 0.721. The van der Waals surface area contributed by atoms with Gasteiger partial charge in [0, 0.05) is 6.04 Å². The number of aryl methyl sites for hydroxylation is 1. The van der Waals surface area contributed by atoms with Crippen LogP contribution in [-0.4, -0.2) is 12.6 Å². The third-order valence-corrected chi connectivity index (χ3v) is 3.69. The van der Waals surface area contributed by atoms with Crippen LogP contribution >= 0.6 is 0 Å². The third-order valence-electron chi connectivity index (χ3n) is 3.69. The van der Waals surface area contributed by atoms with E-state index in [2.05, 4.69) is 43.4 Å². The van der Waals surface area contributed by atoms with Crippen LogP contribution in [0.1, 0.15) is 37.8 Å². The highest BCUT2D eigenvalue weighted by Gasteiger charge is 2.17. The molecule has 1 fully saturated rings. The highest BCUT2D eigenvalue weighted by Crippen LogP contribution is 2.19. The van der Waals surface area contributed by atoms with E-state index in [0.717, 1.165) is 18.4 Å². The summed E-state index contributed by atoms with van der Waals surface area (Å²) in [5.74, 6) is 0.836. The first-order valence-electron chi connectivity index (χ1n) is 6.59. The summed E-state index contributed by atoms with van der Waals surface area (Å²) in [5.41, 5.74) is 2.98. The molecule has 0 aliphatic carbocycles. The smallest absolute Gasteiger partial charge is 0.00389 e. The highest BCUT2D eigenvalue weighted by atomic mass is 14.9. The molecule has 2 unspecified atom stereocenters. The molecule has 1 aromatic rings. The molecule has 1 aliphatic rings. The van der Waals surface area contributed by atoms with Crippen molar-refractivity contribution in [3.05, 3.63) is 35.4 Å². The summed E-state index contributed by atoms with van der Waals surface area (Å²) in [7, 11) is 0. The van der Waals surface area contributed by atoms with Gasteiger partial charge in [0.15, 0.2) is 0 Å². The lowest BCUT2D eigenvalue weighted by Gasteiger charge is -2.27. The van der Waals surface area contributed by atoms with E-state index in [1.54, 1.807) is 0 Å². The molecule has 16 heavy (non-hydrogen) atoms. The Morgan fingerprint density at radius 1 is 1.25 bits per heavy atom. The van der Waals surface area contributed by atoms with Crippen LogP contribution in [0.5, 0.6) is 0 Å². The van der Waals surface area contributed by atoms with Gasteiger partial charge in [0.05, 0.1) is 0 Å². The summed E-state index contributed by atoms with van der Waals surface area (Å²) in [5, 5.41) is 3.58. The van der Waals surface area contributed by atoms with Gasteiger partial charge in [0.25, 0.3) is 0 Å². The van der Waals surface area contributed by atoms with Crippen LogP contribution in [0.25, 0.3) is 0 Å². The number of hydrogen-bond donors (Lipinski definition) is 1. The van der Waals surface area contributed by atoms with Gasteiger partial charge in [-0.15, -0.1) is 0 Å². The SMILES string of the molecule is CCc1cccc(CC2CCC(C)NC2)c1.